The van der Waals surface area contributed by atoms with Gasteiger partial charge in [-0.25, -0.2) is 12.8 Å². The van der Waals surface area contributed by atoms with Crippen LogP contribution in [0.2, 0.25) is 0 Å². The van der Waals surface area contributed by atoms with E-state index < -0.39 is 21.7 Å². The van der Waals surface area contributed by atoms with E-state index in [0.717, 1.165) is 40.4 Å². The lowest BCUT2D eigenvalue weighted by Gasteiger charge is -2.25. The summed E-state index contributed by atoms with van der Waals surface area (Å²) in [6, 6.07) is 11.3. The molecule has 2 aromatic carbocycles. The third-order valence-electron chi connectivity index (χ3n) is 7.34. The van der Waals surface area contributed by atoms with Gasteiger partial charge in [0.15, 0.2) is 9.84 Å². The number of hydrogen-bond donors (Lipinski definition) is 1. The number of aryl methyl sites for hydroxylation is 1. The number of nitrogens with one attached hydrogen (secondary N) is 1. The van der Waals surface area contributed by atoms with Gasteiger partial charge in [-0.15, -0.1) is 0 Å². The molecule has 1 unspecified atom stereocenters. The molecule has 2 aliphatic heterocycles. The summed E-state index contributed by atoms with van der Waals surface area (Å²) in [5, 5.41) is 4.00. The average molecular weight is 529 g/mol. The van der Waals surface area contributed by atoms with Crippen LogP contribution in [0.3, 0.4) is 0 Å². The van der Waals surface area contributed by atoms with Crippen LogP contribution < -0.4 is 10.1 Å². The Morgan fingerprint density at radius 1 is 1.24 bits per heavy atom. The van der Waals surface area contributed by atoms with E-state index in [4.69, 9.17) is 9.47 Å². The number of sulfone groups is 1. The van der Waals surface area contributed by atoms with E-state index >= 15 is 0 Å². The Morgan fingerprint density at radius 2 is 2.00 bits per heavy atom. The summed E-state index contributed by atoms with van der Waals surface area (Å²) in [5.74, 6) is 0.207. The number of fused-ring (bicyclic) bond motifs is 1. The molecular formula is C28H33FN2O5S. The minimum absolute atomic E-state index is 0.0501. The highest BCUT2D eigenvalue weighted by Crippen LogP contribution is 2.39. The quantitative estimate of drug-likeness (QED) is 0.488. The zero-order valence-electron chi connectivity index (χ0n) is 21.4. The highest BCUT2D eigenvalue weighted by Gasteiger charge is 2.39. The van der Waals surface area contributed by atoms with Crippen LogP contribution in [-0.4, -0.2) is 55.5 Å². The zero-order valence-corrected chi connectivity index (χ0v) is 22.2. The zero-order chi connectivity index (χ0) is 26.4. The molecule has 0 bridgehead atoms. The topological polar surface area (TPSA) is 86.6 Å². The van der Waals surface area contributed by atoms with E-state index in [0.29, 0.717) is 30.9 Å². The van der Waals surface area contributed by atoms with Gasteiger partial charge in [-0.1, -0.05) is 12.1 Å². The number of ether oxygens (including phenoxy) is 2. The number of aromatic nitrogens is 1. The molecule has 0 saturated carbocycles. The lowest BCUT2D eigenvalue weighted by atomic mass is 9.97. The molecular weight excluding hydrogens is 495 g/mol. The Morgan fingerprint density at radius 3 is 2.68 bits per heavy atom. The second-order valence-corrected chi connectivity index (χ2v) is 12.7. The molecule has 0 radical (unpaired) electrons. The lowest BCUT2D eigenvalue weighted by molar-refractivity contribution is 0.0707. The van der Waals surface area contributed by atoms with Crippen molar-refractivity contribution >= 4 is 26.6 Å². The van der Waals surface area contributed by atoms with Crippen LogP contribution in [0.25, 0.3) is 22.0 Å². The number of hydrogen-bond acceptors (Lipinski definition) is 5. The average Bonchev–Trinajstić information content (AvgIpc) is 3.36. The third-order valence-corrected chi connectivity index (χ3v) is 9.24. The molecule has 3 heterocycles. The highest BCUT2D eigenvalue weighted by molar-refractivity contribution is 7.91. The van der Waals surface area contributed by atoms with Crippen molar-refractivity contribution in [3.63, 3.8) is 0 Å². The maximum atomic E-state index is 13.5. The molecule has 7 nitrogen and oxygen atoms in total. The number of nitrogens with zero attached hydrogens (tertiary/aromatic N) is 1. The Labute approximate surface area is 216 Å². The van der Waals surface area contributed by atoms with E-state index in [1.165, 1.54) is 6.92 Å². The molecule has 1 aromatic heterocycles. The monoisotopic (exact) mass is 528 g/mol. The number of alkyl halides is 1. The molecule has 2 fully saturated rings. The first-order valence-corrected chi connectivity index (χ1v) is 14.5. The van der Waals surface area contributed by atoms with E-state index in [-0.39, 0.29) is 23.5 Å². The Hall–Kier alpha value is -2.91. The summed E-state index contributed by atoms with van der Waals surface area (Å²) >= 11 is 0. The molecule has 3 aromatic rings. The predicted octanol–water partition coefficient (Wildman–Crippen LogP) is 4.97. The minimum Gasteiger partial charge on any atom is -0.461 e. The molecule has 5 rings (SSSR count). The van der Waals surface area contributed by atoms with Crippen LogP contribution in [-0.2, 0) is 14.6 Å². The second-order valence-electron chi connectivity index (χ2n) is 10.5. The van der Waals surface area contributed by atoms with Gasteiger partial charge in [0.1, 0.15) is 5.75 Å². The summed E-state index contributed by atoms with van der Waals surface area (Å²) in [6.07, 6.45) is 2.81. The SMILES string of the molecule is Cc1cc(C(=O)N[C@@]2(C)CCS(=O)(=O)C2)cc2c1c(-c1cccc(OC(C)F)c1)cn2C1CCOCC1. The van der Waals surface area contributed by atoms with Gasteiger partial charge >= 0.3 is 0 Å². The number of halogens is 1. The fourth-order valence-electron chi connectivity index (χ4n) is 5.59. The molecule has 0 spiro atoms. The minimum atomic E-state index is -3.15. The van der Waals surface area contributed by atoms with Crippen LogP contribution in [0.4, 0.5) is 4.39 Å². The number of carbonyl (C=O) groups excluding carboxylic acids is 1. The van der Waals surface area contributed by atoms with E-state index in [9.17, 15) is 17.6 Å². The standard InChI is InChI=1S/C28H33FN2O5S/c1-18-13-21(27(32)30-28(3)9-12-37(33,34)17-28)15-25-26(18)24(16-31(25)22-7-10-35-11-8-22)20-5-4-6-23(14-20)36-19(2)29/h4-6,13-16,19,22H,7-12,17H2,1-3H3,(H,30,32)/t19?,28-/m0/s1. The van der Waals surface area contributed by atoms with Gasteiger partial charge in [0.05, 0.1) is 17.0 Å². The van der Waals surface area contributed by atoms with Gasteiger partial charge in [-0.2, -0.15) is 0 Å². The summed E-state index contributed by atoms with van der Waals surface area (Å²) in [4.78, 5) is 13.3. The van der Waals surface area contributed by atoms with Gasteiger partial charge in [0.25, 0.3) is 5.91 Å². The summed E-state index contributed by atoms with van der Waals surface area (Å²) in [5.41, 5.74) is 3.46. The normalized spacial score (nSPS) is 22.7. The fourth-order valence-corrected chi connectivity index (χ4v) is 7.68. The lowest BCUT2D eigenvalue weighted by Crippen LogP contribution is -2.46. The van der Waals surface area contributed by atoms with Crippen molar-refractivity contribution in [3.8, 4) is 16.9 Å². The largest absolute Gasteiger partial charge is 0.461 e. The number of benzene rings is 2. The van der Waals surface area contributed by atoms with Crippen molar-refractivity contribution in [3.05, 3.63) is 53.7 Å². The van der Waals surface area contributed by atoms with Crippen LogP contribution >= 0.6 is 0 Å². The molecule has 37 heavy (non-hydrogen) atoms. The van der Waals surface area contributed by atoms with Crippen molar-refractivity contribution < 1.29 is 27.1 Å². The predicted molar refractivity (Wildman–Crippen MR) is 142 cm³/mol. The Kier molecular flexibility index (Phi) is 6.79. The third kappa shape index (κ3) is 5.38. The maximum absolute atomic E-state index is 13.5. The number of amides is 1. The summed E-state index contributed by atoms with van der Waals surface area (Å²) in [7, 11) is -3.15. The first kappa shape index (κ1) is 25.7. The molecule has 198 valence electrons. The van der Waals surface area contributed by atoms with Gasteiger partial charge in [-0.05, 0) is 68.5 Å². The molecule has 2 atom stereocenters. The number of carbonyl (C=O) groups is 1. The Balaban J connectivity index is 1.58. The van der Waals surface area contributed by atoms with Gasteiger partial charge in [0.2, 0.25) is 6.36 Å². The summed E-state index contributed by atoms with van der Waals surface area (Å²) in [6.45, 7) is 6.45. The fraction of sp³-hybridized carbons (Fsp3) is 0.464. The van der Waals surface area contributed by atoms with E-state index in [2.05, 4.69) is 16.1 Å². The Bertz CT molecular complexity index is 1440. The van der Waals surface area contributed by atoms with Crippen molar-refractivity contribution in [1.29, 1.82) is 0 Å². The molecule has 2 saturated heterocycles. The molecule has 1 N–H and O–H groups in total. The van der Waals surface area contributed by atoms with Gasteiger partial charge in [0, 0.05) is 54.4 Å². The van der Waals surface area contributed by atoms with Crippen LogP contribution in [0.15, 0.2) is 42.6 Å². The summed E-state index contributed by atoms with van der Waals surface area (Å²) < 4.78 is 50.7. The molecule has 1 amide bonds. The first-order valence-electron chi connectivity index (χ1n) is 12.7. The molecule has 9 heteroatoms. The van der Waals surface area contributed by atoms with E-state index in [1.807, 2.05) is 37.3 Å². The van der Waals surface area contributed by atoms with Gasteiger partial charge < -0.3 is 19.4 Å². The van der Waals surface area contributed by atoms with Gasteiger partial charge in [-0.3, -0.25) is 4.79 Å². The smallest absolute Gasteiger partial charge is 0.251 e. The number of rotatable bonds is 6. The van der Waals surface area contributed by atoms with Crippen molar-refractivity contribution in [2.75, 3.05) is 24.7 Å². The van der Waals surface area contributed by atoms with E-state index in [1.54, 1.807) is 13.0 Å². The van der Waals surface area contributed by atoms with Crippen LogP contribution in [0.1, 0.15) is 55.1 Å². The second kappa shape index (κ2) is 9.76. The first-order chi connectivity index (χ1) is 17.5. The van der Waals surface area contributed by atoms with Crippen molar-refractivity contribution in [1.82, 2.24) is 9.88 Å². The van der Waals surface area contributed by atoms with Crippen LogP contribution in [0.5, 0.6) is 5.75 Å². The molecule has 0 aliphatic carbocycles. The highest BCUT2D eigenvalue weighted by atomic mass is 32.2. The van der Waals surface area contributed by atoms with Crippen molar-refractivity contribution in [2.24, 2.45) is 0 Å². The maximum Gasteiger partial charge on any atom is 0.251 e. The van der Waals surface area contributed by atoms with Crippen molar-refractivity contribution in [2.45, 2.75) is 58.0 Å². The molecule has 2 aliphatic rings. The van der Waals surface area contributed by atoms with Crippen LogP contribution in [0, 0.1) is 6.92 Å².